The van der Waals surface area contributed by atoms with E-state index in [0.717, 1.165) is 16.8 Å². The van der Waals surface area contributed by atoms with Crippen molar-refractivity contribution in [2.45, 2.75) is 25.6 Å². The summed E-state index contributed by atoms with van der Waals surface area (Å²) in [4.78, 5) is 8.98. The minimum Gasteiger partial charge on any atom is -0.346 e. The lowest BCUT2D eigenvalue weighted by Gasteiger charge is -2.37. The van der Waals surface area contributed by atoms with Gasteiger partial charge in [0.2, 0.25) is 0 Å². The van der Waals surface area contributed by atoms with Gasteiger partial charge in [0.05, 0.1) is 6.34 Å². The lowest BCUT2D eigenvalue weighted by Crippen LogP contribution is -2.47. The van der Waals surface area contributed by atoms with Crippen molar-refractivity contribution < 1.29 is 0 Å². The van der Waals surface area contributed by atoms with Gasteiger partial charge in [-0.2, -0.15) is 0 Å². The van der Waals surface area contributed by atoms with Crippen LogP contribution in [0, 0.1) is 0 Å². The summed E-state index contributed by atoms with van der Waals surface area (Å²) in [5, 5.41) is 6.80. The summed E-state index contributed by atoms with van der Waals surface area (Å²) in [6.45, 7) is 4.25. The number of hydrogen-bond acceptors (Lipinski definition) is 4. The molecule has 4 nitrogen and oxygen atoms in total. The van der Waals surface area contributed by atoms with Crippen LogP contribution in [-0.4, -0.2) is 17.4 Å². The number of nitrogens with one attached hydrogen (secondary N) is 2. The topological polar surface area (TPSA) is 49.3 Å². The number of benzene rings is 1. The van der Waals surface area contributed by atoms with Crippen molar-refractivity contribution in [1.29, 1.82) is 0 Å². The molecular weight excluding hydrogens is 248 g/mol. The summed E-state index contributed by atoms with van der Waals surface area (Å²) in [6.07, 6.45) is 5.41. The molecule has 0 amide bonds. The van der Waals surface area contributed by atoms with E-state index in [1.54, 1.807) is 12.5 Å². The molecule has 1 atom stereocenters. The van der Waals surface area contributed by atoms with Gasteiger partial charge >= 0.3 is 0 Å². The molecule has 1 unspecified atom stereocenters. The zero-order valence-corrected chi connectivity index (χ0v) is 11.7. The second kappa shape index (κ2) is 5.06. The number of hydrogen-bond donors (Lipinski definition) is 2. The number of anilines is 1. The molecular formula is C16H18N4. The highest BCUT2D eigenvalue weighted by Gasteiger charge is 2.37. The smallest absolute Gasteiger partial charge is 0.167 e. The Morgan fingerprint density at radius 3 is 2.75 bits per heavy atom. The summed E-state index contributed by atoms with van der Waals surface area (Å²) in [5.74, 6) is 0. The van der Waals surface area contributed by atoms with Gasteiger partial charge in [-0.3, -0.25) is 10.3 Å². The van der Waals surface area contributed by atoms with Gasteiger partial charge in [0.1, 0.15) is 0 Å². The SMILES string of the molecule is CC(C)NC1(c2cccnc2)N=CNc2ccccc21. The first-order valence-electron chi connectivity index (χ1n) is 6.80. The average molecular weight is 266 g/mol. The molecule has 0 spiro atoms. The highest BCUT2D eigenvalue weighted by molar-refractivity contribution is 5.82. The van der Waals surface area contributed by atoms with Crippen LogP contribution in [0.2, 0.25) is 0 Å². The van der Waals surface area contributed by atoms with Gasteiger partial charge in [-0.25, -0.2) is 4.99 Å². The molecule has 0 fully saturated rings. The van der Waals surface area contributed by atoms with E-state index in [1.165, 1.54) is 0 Å². The Hall–Kier alpha value is -2.20. The predicted octanol–water partition coefficient (Wildman–Crippen LogP) is 2.73. The third-order valence-corrected chi connectivity index (χ3v) is 3.37. The molecule has 1 aromatic heterocycles. The van der Waals surface area contributed by atoms with Crippen LogP contribution in [0.4, 0.5) is 5.69 Å². The maximum Gasteiger partial charge on any atom is 0.167 e. The lowest BCUT2D eigenvalue weighted by atomic mass is 9.89. The summed E-state index contributed by atoms with van der Waals surface area (Å²) in [5.41, 5.74) is 2.65. The van der Waals surface area contributed by atoms with Gasteiger partial charge in [0.15, 0.2) is 5.66 Å². The largest absolute Gasteiger partial charge is 0.346 e. The van der Waals surface area contributed by atoms with E-state index in [4.69, 9.17) is 4.99 Å². The Labute approximate surface area is 119 Å². The van der Waals surface area contributed by atoms with E-state index >= 15 is 0 Å². The van der Waals surface area contributed by atoms with Gasteiger partial charge < -0.3 is 5.32 Å². The minimum absolute atomic E-state index is 0.290. The number of fused-ring (bicyclic) bond motifs is 1. The standard InChI is InChI=1S/C16H18N4/c1-12(2)20-16(13-6-5-9-17-10-13)14-7-3-4-8-15(14)18-11-19-16/h3-12,20H,1-2H3,(H,18,19). The van der Waals surface area contributed by atoms with Gasteiger partial charge in [0.25, 0.3) is 0 Å². The van der Waals surface area contributed by atoms with Crippen LogP contribution in [0.15, 0.2) is 53.8 Å². The van der Waals surface area contributed by atoms with Gasteiger partial charge in [-0.15, -0.1) is 0 Å². The first-order valence-corrected chi connectivity index (χ1v) is 6.80. The van der Waals surface area contributed by atoms with Crippen molar-refractivity contribution in [3.8, 4) is 0 Å². The second-order valence-corrected chi connectivity index (χ2v) is 5.20. The molecule has 1 aliphatic heterocycles. The number of rotatable bonds is 3. The molecule has 0 bridgehead atoms. The van der Waals surface area contributed by atoms with E-state index in [9.17, 15) is 0 Å². The van der Waals surface area contributed by atoms with Crippen molar-refractivity contribution >= 4 is 12.0 Å². The fourth-order valence-electron chi connectivity index (χ4n) is 2.62. The van der Waals surface area contributed by atoms with E-state index in [1.807, 2.05) is 24.4 Å². The number of aliphatic imine (C=N–C) groups is 1. The van der Waals surface area contributed by atoms with Crippen LogP contribution in [-0.2, 0) is 5.66 Å². The van der Waals surface area contributed by atoms with E-state index in [2.05, 4.69) is 47.7 Å². The Morgan fingerprint density at radius 2 is 2.00 bits per heavy atom. The molecule has 4 heteroatoms. The minimum atomic E-state index is -0.579. The molecule has 3 rings (SSSR count). The van der Waals surface area contributed by atoms with Crippen LogP contribution >= 0.6 is 0 Å². The fourth-order valence-corrected chi connectivity index (χ4v) is 2.62. The van der Waals surface area contributed by atoms with Gasteiger partial charge in [0, 0.05) is 35.2 Å². The summed E-state index contributed by atoms with van der Waals surface area (Å²) in [6, 6.07) is 12.5. The van der Waals surface area contributed by atoms with Crippen molar-refractivity contribution in [3.05, 3.63) is 59.9 Å². The first-order chi connectivity index (χ1) is 9.72. The fraction of sp³-hybridized carbons (Fsp3) is 0.250. The summed E-state index contributed by atoms with van der Waals surface area (Å²) in [7, 11) is 0. The van der Waals surface area contributed by atoms with Crippen LogP contribution < -0.4 is 10.6 Å². The molecule has 0 saturated heterocycles. The van der Waals surface area contributed by atoms with E-state index < -0.39 is 5.66 Å². The van der Waals surface area contributed by atoms with Crippen LogP contribution in [0.25, 0.3) is 0 Å². The average Bonchev–Trinajstić information content (AvgIpc) is 2.48. The molecule has 0 aliphatic carbocycles. The van der Waals surface area contributed by atoms with Crippen LogP contribution in [0.5, 0.6) is 0 Å². The number of pyridine rings is 1. The van der Waals surface area contributed by atoms with E-state index in [0.29, 0.717) is 6.04 Å². The maximum absolute atomic E-state index is 4.73. The quantitative estimate of drug-likeness (QED) is 0.898. The Bertz CT molecular complexity index is 621. The van der Waals surface area contributed by atoms with Crippen molar-refractivity contribution in [2.75, 3.05) is 5.32 Å². The molecule has 20 heavy (non-hydrogen) atoms. The molecule has 2 aromatic rings. The predicted molar refractivity (Wildman–Crippen MR) is 81.8 cm³/mol. The maximum atomic E-state index is 4.73. The van der Waals surface area contributed by atoms with E-state index in [-0.39, 0.29) is 0 Å². The third-order valence-electron chi connectivity index (χ3n) is 3.37. The normalized spacial score (nSPS) is 20.6. The number of para-hydroxylation sites is 1. The molecule has 0 saturated carbocycles. The van der Waals surface area contributed by atoms with Gasteiger partial charge in [-0.1, -0.05) is 24.3 Å². The van der Waals surface area contributed by atoms with Crippen molar-refractivity contribution in [2.24, 2.45) is 4.99 Å². The molecule has 102 valence electrons. The zero-order chi connectivity index (χ0) is 14.0. The number of aromatic nitrogens is 1. The highest BCUT2D eigenvalue weighted by Crippen LogP contribution is 2.37. The van der Waals surface area contributed by atoms with Crippen LogP contribution in [0.3, 0.4) is 0 Å². The summed E-state index contributed by atoms with van der Waals surface area (Å²) >= 11 is 0. The Morgan fingerprint density at radius 1 is 1.15 bits per heavy atom. The second-order valence-electron chi connectivity index (χ2n) is 5.20. The van der Waals surface area contributed by atoms with Gasteiger partial charge in [-0.05, 0) is 26.0 Å². The Balaban J connectivity index is 2.21. The molecule has 1 aromatic carbocycles. The molecule has 0 radical (unpaired) electrons. The number of nitrogens with zero attached hydrogens (tertiary/aromatic N) is 2. The van der Waals surface area contributed by atoms with Crippen molar-refractivity contribution in [3.63, 3.8) is 0 Å². The molecule has 1 aliphatic rings. The molecule has 2 N–H and O–H groups in total. The monoisotopic (exact) mass is 266 g/mol. The van der Waals surface area contributed by atoms with Crippen molar-refractivity contribution in [1.82, 2.24) is 10.3 Å². The summed E-state index contributed by atoms with van der Waals surface area (Å²) < 4.78 is 0. The Kier molecular flexibility index (Phi) is 3.24. The third kappa shape index (κ3) is 2.08. The highest BCUT2D eigenvalue weighted by atomic mass is 15.2. The first kappa shape index (κ1) is 12.8. The zero-order valence-electron chi connectivity index (χ0n) is 11.7. The lowest BCUT2D eigenvalue weighted by molar-refractivity contribution is 0.378. The molecule has 2 heterocycles. The van der Waals surface area contributed by atoms with Crippen LogP contribution in [0.1, 0.15) is 25.0 Å².